The number of nitrogens with one attached hydrogen (secondary N) is 1. The SMILES string of the molecule is CC(C)(CN)NC(=O)C1CC1c1ccc(Cl)c(Cl)c1. The molecule has 2 unspecified atom stereocenters. The Balaban J connectivity index is 2.00. The van der Waals surface area contributed by atoms with E-state index in [-0.39, 0.29) is 23.3 Å². The van der Waals surface area contributed by atoms with Crippen LogP contribution in [0.1, 0.15) is 31.7 Å². The number of amides is 1. The Bertz CT molecular complexity index is 502. The first-order valence-corrected chi connectivity index (χ1v) is 7.07. The second kappa shape index (κ2) is 5.31. The average molecular weight is 301 g/mol. The number of hydrogen-bond acceptors (Lipinski definition) is 2. The van der Waals surface area contributed by atoms with Gasteiger partial charge in [0.2, 0.25) is 5.91 Å². The van der Waals surface area contributed by atoms with E-state index in [1.165, 1.54) is 0 Å². The predicted octanol–water partition coefficient (Wildman–Crippen LogP) is 2.95. The van der Waals surface area contributed by atoms with Crippen molar-refractivity contribution in [1.82, 2.24) is 5.32 Å². The highest BCUT2D eigenvalue weighted by atomic mass is 35.5. The van der Waals surface area contributed by atoms with Crippen LogP contribution in [0.25, 0.3) is 0 Å². The van der Waals surface area contributed by atoms with Crippen LogP contribution in [0.2, 0.25) is 10.0 Å². The van der Waals surface area contributed by atoms with Crippen molar-refractivity contribution in [3.05, 3.63) is 33.8 Å². The van der Waals surface area contributed by atoms with Crippen LogP contribution in [0.15, 0.2) is 18.2 Å². The van der Waals surface area contributed by atoms with Crippen molar-refractivity contribution < 1.29 is 4.79 Å². The van der Waals surface area contributed by atoms with E-state index in [0.717, 1.165) is 12.0 Å². The average Bonchev–Trinajstić information content (AvgIpc) is 3.12. The Morgan fingerprint density at radius 1 is 1.42 bits per heavy atom. The maximum Gasteiger partial charge on any atom is 0.224 e. The Hall–Kier alpha value is -0.770. The standard InChI is InChI=1S/C14H18Cl2N2O/c1-14(2,7-17)18-13(19)10-6-9(10)8-3-4-11(15)12(16)5-8/h3-5,9-10H,6-7,17H2,1-2H3,(H,18,19). The van der Waals surface area contributed by atoms with Crippen LogP contribution in [-0.2, 0) is 4.79 Å². The summed E-state index contributed by atoms with van der Waals surface area (Å²) in [5.41, 5.74) is 6.32. The Morgan fingerprint density at radius 2 is 2.11 bits per heavy atom. The zero-order valence-electron chi connectivity index (χ0n) is 11.0. The summed E-state index contributed by atoms with van der Waals surface area (Å²) in [6.07, 6.45) is 0.852. The molecule has 1 amide bonds. The summed E-state index contributed by atoms with van der Waals surface area (Å²) in [4.78, 5) is 12.1. The van der Waals surface area contributed by atoms with Crippen molar-refractivity contribution >= 4 is 29.1 Å². The summed E-state index contributed by atoms with van der Waals surface area (Å²) in [7, 11) is 0. The molecule has 1 fully saturated rings. The third-order valence-electron chi connectivity index (χ3n) is 3.47. The number of carbonyl (C=O) groups is 1. The normalized spacial score (nSPS) is 22.2. The zero-order valence-corrected chi connectivity index (χ0v) is 12.6. The predicted molar refractivity (Wildman–Crippen MR) is 78.6 cm³/mol. The molecule has 0 aliphatic heterocycles. The summed E-state index contributed by atoms with van der Waals surface area (Å²) in [5, 5.41) is 4.04. The van der Waals surface area contributed by atoms with Gasteiger partial charge >= 0.3 is 0 Å². The van der Waals surface area contributed by atoms with E-state index in [1.54, 1.807) is 6.07 Å². The number of halogens is 2. The molecular weight excluding hydrogens is 283 g/mol. The van der Waals surface area contributed by atoms with Crippen LogP contribution in [0.4, 0.5) is 0 Å². The van der Waals surface area contributed by atoms with Gasteiger partial charge in [-0.3, -0.25) is 4.79 Å². The first-order valence-electron chi connectivity index (χ1n) is 6.31. The Labute approximate surface area is 123 Å². The molecule has 0 saturated heterocycles. The Morgan fingerprint density at radius 3 is 2.68 bits per heavy atom. The molecule has 2 atom stereocenters. The zero-order chi connectivity index (χ0) is 14.2. The lowest BCUT2D eigenvalue weighted by Gasteiger charge is -2.24. The summed E-state index contributed by atoms with van der Waals surface area (Å²) in [5.74, 6) is 0.318. The van der Waals surface area contributed by atoms with Crippen molar-refractivity contribution in [2.24, 2.45) is 11.7 Å². The van der Waals surface area contributed by atoms with Crippen LogP contribution >= 0.6 is 23.2 Å². The molecule has 1 aliphatic carbocycles. The van der Waals surface area contributed by atoms with Gasteiger partial charge in [-0.2, -0.15) is 0 Å². The number of hydrogen-bond donors (Lipinski definition) is 2. The van der Waals surface area contributed by atoms with Crippen LogP contribution in [0, 0.1) is 5.92 Å². The molecule has 104 valence electrons. The van der Waals surface area contributed by atoms with E-state index < -0.39 is 0 Å². The summed E-state index contributed by atoms with van der Waals surface area (Å²) in [6.45, 7) is 4.26. The quantitative estimate of drug-likeness (QED) is 0.898. The molecule has 0 radical (unpaired) electrons. The van der Waals surface area contributed by atoms with Gasteiger partial charge in [-0.1, -0.05) is 29.3 Å². The van der Waals surface area contributed by atoms with Gasteiger partial charge < -0.3 is 11.1 Å². The number of carbonyl (C=O) groups excluding carboxylic acids is 1. The lowest BCUT2D eigenvalue weighted by Crippen LogP contribution is -2.49. The molecule has 1 aromatic carbocycles. The Kier molecular flexibility index (Phi) is 4.09. The molecule has 0 aromatic heterocycles. The smallest absolute Gasteiger partial charge is 0.224 e. The third-order valence-corrected chi connectivity index (χ3v) is 4.21. The second-order valence-corrected chi connectivity index (χ2v) is 6.51. The van der Waals surface area contributed by atoms with Crippen molar-refractivity contribution in [3.8, 4) is 0 Å². The van der Waals surface area contributed by atoms with Gasteiger partial charge in [0.25, 0.3) is 0 Å². The molecule has 1 aliphatic rings. The molecule has 1 aromatic rings. The fourth-order valence-corrected chi connectivity index (χ4v) is 2.38. The van der Waals surface area contributed by atoms with Crippen LogP contribution in [-0.4, -0.2) is 18.0 Å². The van der Waals surface area contributed by atoms with Gasteiger partial charge in [-0.15, -0.1) is 0 Å². The fraction of sp³-hybridized carbons (Fsp3) is 0.500. The van der Waals surface area contributed by atoms with Crippen molar-refractivity contribution in [2.45, 2.75) is 31.7 Å². The number of rotatable bonds is 4. The highest BCUT2D eigenvalue weighted by molar-refractivity contribution is 6.42. The first kappa shape index (κ1) is 14.6. The molecule has 1 saturated carbocycles. The molecule has 0 bridgehead atoms. The lowest BCUT2D eigenvalue weighted by molar-refractivity contribution is -0.123. The van der Waals surface area contributed by atoms with E-state index in [1.807, 2.05) is 26.0 Å². The largest absolute Gasteiger partial charge is 0.350 e. The monoisotopic (exact) mass is 300 g/mol. The fourth-order valence-electron chi connectivity index (χ4n) is 2.07. The minimum Gasteiger partial charge on any atom is -0.350 e. The summed E-state index contributed by atoms with van der Waals surface area (Å²) in [6, 6.07) is 5.55. The van der Waals surface area contributed by atoms with Gasteiger partial charge in [0.15, 0.2) is 0 Å². The molecule has 2 rings (SSSR count). The van der Waals surface area contributed by atoms with Crippen LogP contribution < -0.4 is 11.1 Å². The van der Waals surface area contributed by atoms with Crippen LogP contribution in [0.5, 0.6) is 0 Å². The molecule has 3 N–H and O–H groups in total. The minimum atomic E-state index is -0.359. The second-order valence-electron chi connectivity index (χ2n) is 5.70. The molecule has 3 nitrogen and oxygen atoms in total. The van der Waals surface area contributed by atoms with Gasteiger partial charge in [-0.25, -0.2) is 0 Å². The molecular formula is C14H18Cl2N2O. The van der Waals surface area contributed by atoms with Crippen molar-refractivity contribution in [1.29, 1.82) is 0 Å². The molecule has 0 heterocycles. The van der Waals surface area contributed by atoms with Gasteiger partial charge in [0.05, 0.1) is 10.0 Å². The van der Waals surface area contributed by atoms with Crippen molar-refractivity contribution in [3.63, 3.8) is 0 Å². The molecule has 5 heteroatoms. The van der Waals surface area contributed by atoms with Crippen LogP contribution in [0.3, 0.4) is 0 Å². The maximum atomic E-state index is 12.1. The van der Waals surface area contributed by atoms with E-state index in [9.17, 15) is 4.79 Å². The molecule has 0 spiro atoms. The topological polar surface area (TPSA) is 55.1 Å². The highest BCUT2D eigenvalue weighted by Gasteiger charge is 2.45. The molecule has 19 heavy (non-hydrogen) atoms. The number of nitrogens with two attached hydrogens (primary N) is 1. The van der Waals surface area contributed by atoms with E-state index in [2.05, 4.69) is 5.32 Å². The van der Waals surface area contributed by atoms with E-state index in [4.69, 9.17) is 28.9 Å². The van der Waals surface area contributed by atoms with Gasteiger partial charge in [-0.05, 0) is 43.9 Å². The first-order chi connectivity index (χ1) is 8.84. The maximum absolute atomic E-state index is 12.1. The third kappa shape index (κ3) is 3.41. The van der Waals surface area contributed by atoms with E-state index >= 15 is 0 Å². The van der Waals surface area contributed by atoms with Gasteiger partial charge in [0.1, 0.15) is 0 Å². The summed E-state index contributed by atoms with van der Waals surface area (Å²) >= 11 is 11.9. The van der Waals surface area contributed by atoms with Gasteiger partial charge in [0, 0.05) is 18.0 Å². The minimum absolute atomic E-state index is 0.0167. The lowest BCUT2D eigenvalue weighted by atomic mass is 10.0. The van der Waals surface area contributed by atoms with E-state index in [0.29, 0.717) is 16.6 Å². The van der Waals surface area contributed by atoms with Crippen molar-refractivity contribution in [2.75, 3.05) is 6.54 Å². The number of benzene rings is 1. The highest BCUT2D eigenvalue weighted by Crippen LogP contribution is 2.48. The summed E-state index contributed by atoms with van der Waals surface area (Å²) < 4.78 is 0.